The summed E-state index contributed by atoms with van der Waals surface area (Å²) < 4.78 is 0. The van der Waals surface area contributed by atoms with Gasteiger partial charge in [-0.2, -0.15) is 0 Å². The molecule has 170 valence electrons. The summed E-state index contributed by atoms with van der Waals surface area (Å²) in [6.07, 6.45) is 0. The molecule has 0 unspecified atom stereocenters. The van der Waals surface area contributed by atoms with Crippen LogP contribution in [0.2, 0.25) is 0 Å². The number of aryl methyl sites for hydroxylation is 6. The molecular weight excluding hydrogens is 414 g/mol. The topological polar surface area (TPSA) is 47.4 Å². The first-order valence-electron chi connectivity index (χ1n) is 12.1. The van der Waals surface area contributed by atoms with Crippen molar-refractivity contribution in [1.82, 2.24) is 15.0 Å². The number of aromatic nitrogens is 3. The highest BCUT2D eigenvalue weighted by molar-refractivity contribution is 5.91. The van der Waals surface area contributed by atoms with Crippen LogP contribution in [0.1, 0.15) is 56.4 Å². The first kappa shape index (κ1) is 20.9. The summed E-state index contributed by atoms with van der Waals surface area (Å²) in [7, 11) is 0. The standard InChI is InChI=1S/C31H31N3/c1-16-19(4)33-28-14-22(10-12-24(16)28)31(23-11-13-25-17(2)20(5)34-29(25)15-23)26-8-7-9-27-30(26)18(3)21(6)32-27/h7-15,31-34H,1-6H3. The molecule has 0 atom stereocenters. The third-order valence-electron chi connectivity index (χ3n) is 8.00. The molecule has 3 aromatic heterocycles. The van der Waals surface area contributed by atoms with E-state index in [0.717, 1.165) is 0 Å². The lowest BCUT2D eigenvalue weighted by Crippen LogP contribution is -2.04. The second-order valence-electron chi connectivity index (χ2n) is 9.94. The highest BCUT2D eigenvalue weighted by Crippen LogP contribution is 2.40. The van der Waals surface area contributed by atoms with Crippen LogP contribution in [-0.2, 0) is 0 Å². The fraction of sp³-hybridized carbons (Fsp3) is 0.226. The van der Waals surface area contributed by atoms with Gasteiger partial charge in [-0.1, -0.05) is 36.4 Å². The molecule has 3 N–H and O–H groups in total. The Balaban J connectivity index is 1.65. The Labute approximate surface area is 200 Å². The number of H-pyrrole nitrogens is 3. The Kier molecular flexibility index (Phi) is 4.54. The van der Waals surface area contributed by atoms with Crippen LogP contribution < -0.4 is 0 Å². The number of benzene rings is 3. The summed E-state index contributed by atoms with van der Waals surface area (Å²) in [4.78, 5) is 10.8. The van der Waals surface area contributed by atoms with Gasteiger partial charge in [0.05, 0.1) is 0 Å². The van der Waals surface area contributed by atoms with Crippen LogP contribution in [0.3, 0.4) is 0 Å². The van der Waals surface area contributed by atoms with Crippen molar-refractivity contribution in [3.05, 3.63) is 105 Å². The van der Waals surface area contributed by atoms with E-state index in [0.29, 0.717) is 0 Å². The lowest BCUT2D eigenvalue weighted by Gasteiger charge is -2.21. The summed E-state index contributed by atoms with van der Waals surface area (Å²) in [6.45, 7) is 13.1. The molecule has 3 nitrogen and oxygen atoms in total. The highest BCUT2D eigenvalue weighted by atomic mass is 14.7. The molecule has 0 amide bonds. The number of hydrogen-bond acceptors (Lipinski definition) is 0. The normalized spacial score (nSPS) is 12.1. The molecule has 0 saturated heterocycles. The monoisotopic (exact) mass is 445 g/mol. The molecule has 0 aliphatic carbocycles. The lowest BCUT2D eigenvalue weighted by molar-refractivity contribution is 0.992. The SMILES string of the molecule is Cc1[nH]c2cc(C(c3ccc4c(C)c(C)[nH]c4c3)c3cccc4[nH]c(C)c(C)c34)ccc2c1C. The molecule has 34 heavy (non-hydrogen) atoms. The molecular formula is C31H31N3. The van der Waals surface area contributed by atoms with Gasteiger partial charge in [0.25, 0.3) is 0 Å². The van der Waals surface area contributed by atoms with Gasteiger partial charge in [-0.25, -0.2) is 0 Å². The maximum atomic E-state index is 3.61. The van der Waals surface area contributed by atoms with Crippen molar-refractivity contribution in [2.45, 2.75) is 47.5 Å². The van der Waals surface area contributed by atoms with E-state index in [1.807, 2.05) is 0 Å². The number of rotatable bonds is 3. The smallest absolute Gasteiger partial charge is 0.0461 e. The van der Waals surface area contributed by atoms with Gasteiger partial charge in [0.15, 0.2) is 0 Å². The van der Waals surface area contributed by atoms with Gasteiger partial charge < -0.3 is 15.0 Å². The maximum absolute atomic E-state index is 3.61. The highest BCUT2D eigenvalue weighted by Gasteiger charge is 2.23. The largest absolute Gasteiger partial charge is 0.358 e. The Hall–Kier alpha value is -3.72. The Morgan fingerprint density at radius 1 is 0.529 bits per heavy atom. The Bertz CT molecular complexity index is 1630. The summed E-state index contributed by atoms with van der Waals surface area (Å²) in [5, 5.41) is 3.94. The second kappa shape index (κ2) is 7.39. The molecule has 0 saturated carbocycles. The molecule has 0 fully saturated rings. The minimum atomic E-state index is 0.124. The van der Waals surface area contributed by atoms with Crippen LogP contribution in [0.25, 0.3) is 32.7 Å². The zero-order valence-electron chi connectivity index (χ0n) is 20.8. The number of nitrogens with one attached hydrogen (secondary N) is 3. The third-order valence-corrected chi connectivity index (χ3v) is 8.00. The molecule has 3 heteroatoms. The van der Waals surface area contributed by atoms with Gasteiger partial charge in [-0.05, 0) is 93.1 Å². The van der Waals surface area contributed by atoms with E-state index < -0.39 is 0 Å². The summed E-state index contributed by atoms with van der Waals surface area (Å²) in [5.41, 5.74) is 15.3. The van der Waals surface area contributed by atoms with Gasteiger partial charge in [-0.15, -0.1) is 0 Å². The predicted octanol–water partition coefficient (Wildman–Crippen LogP) is 8.16. The van der Waals surface area contributed by atoms with Gasteiger partial charge in [0, 0.05) is 55.7 Å². The van der Waals surface area contributed by atoms with Crippen LogP contribution in [0.15, 0.2) is 54.6 Å². The van der Waals surface area contributed by atoms with Crippen LogP contribution >= 0.6 is 0 Å². The van der Waals surface area contributed by atoms with Crippen LogP contribution in [-0.4, -0.2) is 15.0 Å². The average molecular weight is 446 g/mol. The number of aromatic amines is 3. The van der Waals surface area contributed by atoms with E-state index >= 15 is 0 Å². The van der Waals surface area contributed by atoms with Crippen molar-refractivity contribution in [2.24, 2.45) is 0 Å². The van der Waals surface area contributed by atoms with Crippen molar-refractivity contribution >= 4 is 32.7 Å². The van der Waals surface area contributed by atoms with E-state index in [4.69, 9.17) is 0 Å². The predicted molar refractivity (Wildman–Crippen MR) is 144 cm³/mol. The summed E-state index contributed by atoms with van der Waals surface area (Å²) in [5.74, 6) is 0.124. The first-order chi connectivity index (χ1) is 16.3. The van der Waals surface area contributed by atoms with Gasteiger partial charge in [0.1, 0.15) is 0 Å². The third kappa shape index (κ3) is 2.96. The summed E-state index contributed by atoms with van der Waals surface area (Å²) in [6, 6.07) is 20.6. The Morgan fingerprint density at radius 2 is 1.03 bits per heavy atom. The zero-order valence-corrected chi connectivity index (χ0v) is 20.8. The minimum absolute atomic E-state index is 0.124. The maximum Gasteiger partial charge on any atom is 0.0461 e. The van der Waals surface area contributed by atoms with Crippen LogP contribution in [0.5, 0.6) is 0 Å². The van der Waals surface area contributed by atoms with E-state index in [2.05, 4.69) is 111 Å². The second-order valence-corrected chi connectivity index (χ2v) is 9.94. The first-order valence-corrected chi connectivity index (χ1v) is 12.1. The van der Waals surface area contributed by atoms with Crippen LogP contribution in [0.4, 0.5) is 0 Å². The average Bonchev–Trinajstić information content (AvgIpc) is 3.39. The molecule has 3 heterocycles. The fourth-order valence-corrected chi connectivity index (χ4v) is 5.71. The van der Waals surface area contributed by atoms with Crippen LogP contribution in [0, 0.1) is 41.5 Å². The number of fused-ring (bicyclic) bond motifs is 3. The van der Waals surface area contributed by atoms with Gasteiger partial charge in [-0.3, -0.25) is 0 Å². The molecule has 0 bridgehead atoms. The molecule has 0 aliphatic rings. The van der Waals surface area contributed by atoms with Gasteiger partial charge in [0.2, 0.25) is 0 Å². The molecule has 3 aromatic carbocycles. The minimum Gasteiger partial charge on any atom is -0.358 e. The molecule has 6 rings (SSSR count). The zero-order chi connectivity index (χ0) is 23.7. The van der Waals surface area contributed by atoms with Crippen molar-refractivity contribution in [1.29, 1.82) is 0 Å². The lowest BCUT2D eigenvalue weighted by atomic mass is 9.82. The van der Waals surface area contributed by atoms with E-state index in [-0.39, 0.29) is 5.92 Å². The van der Waals surface area contributed by atoms with E-state index in [9.17, 15) is 0 Å². The summed E-state index contributed by atoms with van der Waals surface area (Å²) >= 11 is 0. The van der Waals surface area contributed by atoms with E-state index in [1.165, 1.54) is 83.2 Å². The number of hydrogen-bond donors (Lipinski definition) is 3. The Morgan fingerprint density at radius 3 is 1.59 bits per heavy atom. The molecule has 0 aliphatic heterocycles. The molecule has 0 spiro atoms. The van der Waals surface area contributed by atoms with E-state index in [1.54, 1.807) is 0 Å². The molecule has 6 aromatic rings. The quantitative estimate of drug-likeness (QED) is 0.230. The van der Waals surface area contributed by atoms with Crippen molar-refractivity contribution in [2.75, 3.05) is 0 Å². The fourth-order valence-electron chi connectivity index (χ4n) is 5.71. The van der Waals surface area contributed by atoms with Crippen molar-refractivity contribution < 1.29 is 0 Å². The van der Waals surface area contributed by atoms with Crippen molar-refractivity contribution in [3.8, 4) is 0 Å². The van der Waals surface area contributed by atoms with Crippen molar-refractivity contribution in [3.63, 3.8) is 0 Å². The van der Waals surface area contributed by atoms with Gasteiger partial charge >= 0.3 is 0 Å². The molecule has 0 radical (unpaired) electrons.